The zero-order valence-corrected chi connectivity index (χ0v) is 12.0. The summed E-state index contributed by atoms with van der Waals surface area (Å²) in [4.78, 5) is 0. The van der Waals surface area contributed by atoms with E-state index in [0.29, 0.717) is 11.6 Å². The van der Waals surface area contributed by atoms with Crippen molar-refractivity contribution in [1.82, 2.24) is 0 Å². The molecule has 1 aromatic carbocycles. The number of anilines is 2. The van der Waals surface area contributed by atoms with Gasteiger partial charge in [-0.25, -0.2) is 8.42 Å². The van der Waals surface area contributed by atoms with Gasteiger partial charge in [0.05, 0.1) is 17.6 Å². The van der Waals surface area contributed by atoms with Crippen LogP contribution in [0, 0.1) is 5.92 Å². The highest BCUT2D eigenvalue weighted by Crippen LogP contribution is 2.22. The van der Waals surface area contributed by atoms with Crippen LogP contribution in [0.4, 0.5) is 11.4 Å². The molecule has 0 spiro atoms. The minimum atomic E-state index is -3.24. The lowest BCUT2D eigenvalue weighted by atomic mass is 10.1. The number of benzene rings is 1. The minimum absolute atomic E-state index is 0.571. The fourth-order valence-corrected chi connectivity index (χ4v) is 2.38. The second-order valence-corrected chi connectivity index (χ2v) is 6.44. The number of sulfonamides is 1. The Morgan fingerprint density at radius 2 is 1.83 bits per heavy atom. The summed E-state index contributed by atoms with van der Waals surface area (Å²) >= 11 is 0. The fourth-order valence-electron chi connectivity index (χ4n) is 1.81. The maximum absolute atomic E-state index is 11.3. The molecule has 0 aliphatic carbocycles. The van der Waals surface area contributed by atoms with E-state index >= 15 is 0 Å². The van der Waals surface area contributed by atoms with Crippen LogP contribution >= 0.6 is 0 Å². The molecule has 0 fully saturated rings. The van der Waals surface area contributed by atoms with E-state index in [-0.39, 0.29) is 0 Å². The van der Waals surface area contributed by atoms with E-state index in [9.17, 15) is 8.42 Å². The van der Waals surface area contributed by atoms with Crippen LogP contribution in [0.3, 0.4) is 0 Å². The van der Waals surface area contributed by atoms with Crippen molar-refractivity contribution < 1.29 is 8.42 Å². The maximum Gasteiger partial charge on any atom is 0.229 e. The zero-order chi connectivity index (χ0) is 13.6. The van der Waals surface area contributed by atoms with Crippen molar-refractivity contribution in [2.45, 2.75) is 26.7 Å². The Balaban J connectivity index is 2.70. The summed E-state index contributed by atoms with van der Waals surface area (Å²) in [5, 5.41) is 3.29. The first kappa shape index (κ1) is 14.8. The lowest BCUT2D eigenvalue weighted by molar-refractivity contribution is 0.551. The van der Waals surface area contributed by atoms with E-state index in [2.05, 4.69) is 23.9 Å². The lowest BCUT2D eigenvalue weighted by Gasteiger charge is -2.16. The molecule has 1 aromatic rings. The molecule has 102 valence electrons. The SMILES string of the molecule is CCCC(C)CNc1ccccc1NS(C)(=O)=O. The molecule has 1 rings (SSSR count). The van der Waals surface area contributed by atoms with Crippen LogP contribution in [0.5, 0.6) is 0 Å². The van der Waals surface area contributed by atoms with Crippen LogP contribution in [0.2, 0.25) is 0 Å². The van der Waals surface area contributed by atoms with Gasteiger partial charge in [0.15, 0.2) is 0 Å². The molecule has 0 heterocycles. The van der Waals surface area contributed by atoms with Crippen molar-refractivity contribution in [1.29, 1.82) is 0 Å². The quantitative estimate of drug-likeness (QED) is 0.801. The maximum atomic E-state index is 11.3. The smallest absolute Gasteiger partial charge is 0.229 e. The minimum Gasteiger partial charge on any atom is -0.383 e. The van der Waals surface area contributed by atoms with Crippen molar-refractivity contribution in [3.05, 3.63) is 24.3 Å². The van der Waals surface area contributed by atoms with Crippen LogP contribution in [-0.4, -0.2) is 21.2 Å². The molecule has 1 unspecified atom stereocenters. The highest BCUT2D eigenvalue weighted by molar-refractivity contribution is 7.92. The molecule has 0 aliphatic heterocycles. The fraction of sp³-hybridized carbons (Fsp3) is 0.538. The van der Waals surface area contributed by atoms with Crippen molar-refractivity contribution in [3.8, 4) is 0 Å². The predicted molar refractivity (Wildman–Crippen MR) is 77.5 cm³/mol. The van der Waals surface area contributed by atoms with Gasteiger partial charge in [-0.1, -0.05) is 32.4 Å². The molecule has 4 nitrogen and oxygen atoms in total. The van der Waals surface area contributed by atoms with E-state index in [1.165, 1.54) is 0 Å². The van der Waals surface area contributed by atoms with Gasteiger partial charge in [-0.05, 0) is 24.5 Å². The van der Waals surface area contributed by atoms with Gasteiger partial charge in [-0.2, -0.15) is 0 Å². The summed E-state index contributed by atoms with van der Waals surface area (Å²) < 4.78 is 25.0. The Kier molecular flexibility index (Phi) is 5.47. The molecule has 0 radical (unpaired) electrons. The molecule has 0 amide bonds. The zero-order valence-electron chi connectivity index (χ0n) is 11.2. The molecule has 5 heteroatoms. The molecule has 0 aliphatic rings. The Labute approximate surface area is 110 Å². The number of hydrogen-bond acceptors (Lipinski definition) is 3. The van der Waals surface area contributed by atoms with Crippen LogP contribution in [0.25, 0.3) is 0 Å². The van der Waals surface area contributed by atoms with Gasteiger partial charge in [0, 0.05) is 6.54 Å². The first-order chi connectivity index (χ1) is 8.42. The second kappa shape index (κ2) is 6.64. The van der Waals surface area contributed by atoms with Gasteiger partial charge >= 0.3 is 0 Å². The van der Waals surface area contributed by atoms with E-state index in [0.717, 1.165) is 31.3 Å². The third-order valence-electron chi connectivity index (χ3n) is 2.64. The molecule has 0 bridgehead atoms. The Morgan fingerprint density at radius 3 is 2.39 bits per heavy atom. The largest absolute Gasteiger partial charge is 0.383 e. The summed E-state index contributed by atoms with van der Waals surface area (Å²) in [6, 6.07) is 7.34. The highest BCUT2D eigenvalue weighted by atomic mass is 32.2. The lowest BCUT2D eigenvalue weighted by Crippen LogP contribution is -2.15. The van der Waals surface area contributed by atoms with Gasteiger partial charge < -0.3 is 5.32 Å². The van der Waals surface area contributed by atoms with Gasteiger partial charge in [-0.3, -0.25) is 4.72 Å². The van der Waals surface area contributed by atoms with E-state index in [4.69, 9.17) is 0 Å². The summed E-state index contributed by atoms with van der Waals surface area (Å²) in [6.07, 6.45) is 3.48. The molecule has 0 aromatic heterocycles. The van der Waals surface area contributed by atoms with Crippen LogP contribution in [0.15, 0.2) is 24.3 Å². The average Bonchev–Trinajstić information content (AvgIpc) is 2.26. The molecular weight excluding hydrogens is 248 g/mol. The Hall–Kier alpha value is -1.23. The molecule has 18 heavy (non-hydrogen) atoms. The van der Waals surface area contributed by atoms with Gasteiger partial charge in [0.25, 0.3) is 0 Å². The molecular formula is C13H22N2O2S. The average molecular weight is 270 g/mol. The normalized spacial score (nSPS) is 13.1. The monoisotopic (exact) mass is 270 g/mol. The van der Waals surface area contributed by atoms with Crippen LogP contribution in [0.1, 0.15) is 26.7 Å². The Bertz CT molecular complexity index is 472. The third kappa shape index (κ3) is 5.40. The van der Waals surface area contributed by atoms with E-state index < -0.39 is 10.0 Å². The van der Waals surface area contributed by atoms with Gasteiger partial charge in [0.1, 0.15) is 0 Å². The van der Waals surface area contributed by atoms with Crippen molar-refractivity contribution in [2.24, 2.45) is 5.92 Å². The van der Waals surface area contributed by atoms with E-state index in [1.807, 2.05) is 18.2 Å². The first-order valence-electron chi connectivity index (χ1n) is 6.23. The van der Waals surface area contributed by atoms with E-state index in [1.54, 1.807) is 6.07 Å². The molecule has 2 N–H and O–H groups in total. The van der Waals surface area contributed by atoms with Gasteiger partial charge in [0.2, 0.25) is 10.0 Å². The summed E-state index contributed by atoms with van der Waals surface area (Å²) in [5.74, 6) is 0.571. The summed E-state index contributed by atoms with van der Waals surface area (Å²) in [6.45, 7) is 5.19. The standard InChI is InChI=1S/C13H22N2O2S/c1-4-7-11(2)10-14-12-8-5-6-9-13(12)15-18(3,16)17/h5-6,8-9,11,14-15H,4,7,10H2,1-3H3. The third-order valence-corrected chi connectivity index (χ3v) is 3.24. The second-order valence-electron chi connectivity index (χ2n) is 4.69. The highest BCUT2D eigenvalue weighted by Gasteiger charge is 2.07. The van der Waals surface area contributed by atoms with Crippen molar-refractivity contribution in [3.63, 3.8) is 0 Å². The molecule has 0 saturated carbocycles. The van der Waals surface area contributed by atoms with Crippen molar-refractivity contribution >= 4 is 21.4 Å². The van der Waals surface area contributed by atoms with Gasteiger partial charge in [-0.15, -0.1) is 0 Å². The molecule has 0 saturated heterocycles. The van der Waals surface area contributed by atoms with Crippen LogP contribution in [-0.2, 0) is 10.0 Å². The van der Waals surface area contributed by atoms with Crippen LogP contribution < -0.4 is 10.0 Å². The number of rotatable bonds is 7. The molecule has 1 atom stereocenters. The number of nitrogens with one attached hydrogen (secondary N) is 2. The first-order valence-corrected chi connectivity index (χ1v) is 8.12. The Morgan fingerprint density at radius 1 is 1.22 bits per heavy atom. The summed E-state index contributed by atoms with van der Waals surface area (Å²) in [7, 11) is -3.24. The van der Waals surface area contributed by atoms with Crippen molar-refractivity contribution in [2.75, 3.05) is 22.8 Å². The number of para-hydroxylation sites is 2. The summed E-state index contributed by atoms with van der Waals surface area (Å²) in [5.41, 5.74) is 1.43. The topological polar surface area (TPSA) is 58.2 Å². The number of hydrogen-bond donors (Lipinski definition) is 2. The predicted octanol–water partition coefficient (Wildman–Crippen LogP) is 2.91.